The van der Waals surface area contributed by atoms with Crippen molar-refractivity contribution in [3.05, 3.63) is 0 Å². The number of β-amino-alcohol motifs (C(OH)–C–C–N with tert-alkyl or cyclic N) is 1. The van der Waals surface area contributed by atoms with Gasteiger partial charge in [-0.2, -0.15) is 0 Å². The first-order valence-electron chi connectivity index (χ1n) is 4.36. The molecule has 0 spiro atoms. The van der Waals surface area contributed by atoms with E-state index in [1.165, 1.54) is 12.8 Å². The van der Waals surface area contributed by atoms with Crippen molar-refractivity contribution < 1.29 is 10.2 Å². The second-order valence-electron chi connectivity index (χ2n) is 3.72. The van der Waals surface area contributed by atoms with Crippen LogP contribution >= 0.6 is 0 Å². The van der Waals surface area contributed by atoms with Gasteiger partial charge in [0.15, 0.2) is 0 Å². The van der Waals surface area contributed by atoms with E-state index in [1.54, 1.807) is 0 Å². The van der Waals surface area contributed by atoms with Crippen molar-refractivity contribution in [1.82, 2.24) is 5.32 Å². The van der Waals surface area contributed by atoms with Gasteiger partial charge in [-0.25, -0.2) is 0 Å². The summed E-state index contributed by atoms with van der Waals surface area (Å²) < 4.78 is 0. The van der Waals surface area contributed by atoms with Gasteiger partial charge >= 0.3 is 0 Å². The molecule has 0 radical (unpaired) electrons. The summed E-state index contributed by atoms with van der Waals surface area (Å²) >= 11 is 0. The number of piperidine rings is 1. The lowest BCUT2D eigenvalue weighted by atomic mass is 9.90. The van der Waals surface area contributed by atoms with E-state index in [4.69, 9.17) is 0 Å². The monoisotopic (exact) mass is 157 g/mol. The van der Waals surface area contributed by atoms with E-state index in [9.17, 15) is 10.2 Å². The predicted molar refractivity (Wildman–Crippen MR) is 41.1 cm³/mol. The highest BCUT2D eigenvalue weighted by molar-refractivity contribution is 4.93. The summed E-state index contributed by atoms with van der Waals surface area (Å²) in [6, 6.07) is 0. The number of hydrogen-bond donors (Lipinski definition) is 3. The van der Waals surface area contributed by atoms with E-state index >= 15 is 0 Å². The van der Waals surface area contributed by atoms with Gasteiger partial charge in [-0.15, -0.1) is 0 Å². The van der Waals surface area contributed by atoms with Crippen molar-refractivity contribution in [1.29, 1.82) is 0 Å². The van der Waals surface area contributed by atoms with Gasteiger partial charge in [0.2, 0.25) is 0 Å². The Morgan fingerprint density at radius 1 is 1.09 bits per heavy atom. The molecule has 0 aromatic carbocycles. The van der Waals surface area contributed by atoms with Crippen molar-refractivity contribution in [2.45, 2.75) is 25.0 Å². The molecular weight excluding hydrogens is 142 g/mol. The zero-order valence-electron chi connectivity index (χ0n) is 6.53. The van der Waals surface area contributed by atoms with Gasteiger partial charge in [0.25, 0.3) is 0 Å². The van der Waals surface area contributed by atoms with Crippen molar-refractivity contribution in [3.63, 3.8) is 0 Å². The fourth-order valence-electron chi connectivity index (χ4n) is 1.89. The zero-order valence-corrected chi connectivity index (χ0v) is 6.53. The van der Waals surface area contributed by atoms with Crippen molar-refractivity contribution >= 4 is 0 Å². The first-order valence-corrected chi connectivity index (χ1v) is 4.36. The molecule has 3 nitrogen and oxygen atoms in total. The fourth-order valence-corrected chi connectivity index (χ4v) is 1.89. The number of nitrogens with one attached hydrogen (secondary N) is 1. The van der Waals surface area contributed by atoms with Crippen LogP contribution in [0.15, 0.2) is 0 Å². The topological polar surface area (TPSA) is 52.5 Å². The minimum atomic E-state index is -0.547. The maximum absolute atomic E-state index is 9.56. The van der Waals surface area contributed by atoms with E-state index in [1.807, 2.05) is 0 Å². The summed E-state index contributed by atoms with van der Waals surface area (Å²) in [5.74, 6) is 0.978. The Hall–Kier alpha value is -0.120. The largest absolute Gasteiger partial charge is 0.390 e. The molecule has 1 aliphatic carbocycles. The van der Waals surface area contributed by atoms with Gasteiger partial charge in [0.05, 0.1) is 12.2 Å². The van der Waals surface area contributed by atoms with Crippen LogP contribution in [0.5, 0.6) is 0 Å². The Morgan fingerprint density at radius 2 is 1.82 bits per heavy atom. The molecule has 3 atom stereocenters. The van der Waals surface area contributed by atoms with Gasteiger partial charge in [-0.05, 0) is 18.8 Å². The number of aliphatic hydroxyl groups is 2. The zero-order chi connectivity index (χ0) is 7.84. The Balaban J connectivity index is 1.95. The van der Waals surface area contributed by atoms with Crippen molar-refractivity contribution in [3.8, 4) is 0 Å². The van der Waals surface area contributed by atoms with E-state index < -0.39 is 12.2 Å². The molecule has 0 aromatic rings. The Labute approximate surface area is 66.4 Å². The molecule has 0 aromatic heterocycles. The van der Waals surface area contributed by atoms with E-state index in [2.05, 4.69) is 5.32 Å². The Kier molecular flexibility index (Phi) is 1.87. The van der Waals surface area contributed by atoms with Gasteiger partial charge in [-0.3, -0.25) is 0 Å². The summed E-state index contributed by atoms with van der Waals surface area (Å²) in [5, 5.41) is 22.0. The van der Waals surface area contributed by atoms with E-state index in [-0.39, 0.29) is 0 Å². The molecule has 0 amide bonds. The summed E-state index contributed by atoms with van der Waals surface area (Å²) in [6.07, 6.45) is 1.43. The lowest BCUT2D eigenvalue weighted by Crippen LogP contribution is -2.51. The summed E-state index contributed by atoms with van der Waals surface area (Å²) in [6.45, 7) is 1.42. The van der Waals surface area contributed by atoms with Gasteiger partial charge < -0.3 is 15.5 Å². The third-order valence-corrected chi connectivity index (χ3v) is 2.79. The highest BCUT2D eigenvalue weighted by atomic mass is 16.3. The molecule has 3 heteroatoms. The van der Waals surface area contributed by atoms with Crippen LogP contribution in [0, 0.1) is 11.8 Å². The third kappa shape index (κ3) is 1.41. The van der Waals surface area contributed by atoms with Crippen LogP contribution in [0.25, 0.3) is 0 Å². The van der Waals surface area contributed by atoms with Crippen LogP contribution in [0.1, 0.15) is 12.8 Å². The molecule has 2 aliphatic rings. The summed E-state index contributed by atoms with van der Waals surface area (Å²) in [5.41, 5.74) is 0. The SMILES string of the molecule is OC1CNCC(C2CC2)C1O. The molecule has 1 saturated carbocycles. The number of aliphatic hydroxyl groups excluding tert-OH is 2. The van der Waals surface area contributed by atoms with E-state index in [0.717, 1.165) is 6.54 Å². The molecule has 0 bridgehead atoms. The van der Waals surface area contributed by atoms with Crippen LogP contribution in [0.2, 0.25) is 0 Å². The smallest absolute Gasteiger partial charge is 0.0926 e. The maximum atomic E-state index is 9.56. The quantitative estimate of drug-likeness (QED) is 0.473. The third-order valence-electron chi connectivity index (χ3n) is 2.79. The van der Waals surface area contributed by atoms with Crippen LogP contribution in [0.4, 0.5) is 0 Å². The number of rotatable bonds is 1. The van der Waals surface area contributed by atoms with E-state index in [0.29, 0.717) is 18.4 Å². The first kappa shape index (κ1) is 7.53. The van der Waals surface area contributed by atoms with Crippen LogP contribution < -0.4 is 5.32 Å². The average molecular weight is 157 g/mol. The van der Waals surface area contributed by atoms with Gasteiger partial charge in [0, 0.05) is 19.0 Å². The molecule has 1 aliphatic heterocycles. The fraction of sp³-hybridized carbons (Fsp3) is 1.00. The molecule has 11 heavy (non-hydrogen) atoms. The second-order valence-corrected chi connectivity index (χ2v) is 3.72. The lowest BCUT2D eigenvalue weighted by Gasteiger charge is -2.32. The van der Waals surface area contributed by atoms with Crippen molar-refractivity contribution in [2.24, 2.45) is 11.8 Å². The van der Waals surface area contributed by atoms with Crippen LogP contribution in [0.3, 0.4) is 0 Å². The molecular formula is C8H15NO2. The van der Waals surface area contributed by atoms with Crippen LogP contribution in [-0.2, 0) is 0 Å². The Bertz CT molecular complexity index is 147. The van der Waals surface area contributed by atoms with Gasteiger partial charge in [0.1, 0.15) is 0 Å². The molecule has 3 unspecified atom stereocenters. The normalized spacial score (nSPS) is 45.8. The second kappa shape index (κ2) is 2.73. The summed E-state index contributed by atoms with van der Waals surface area (Å²) in [4.78, 5) is 0. The number of hydrogen-bond acceptors (Lipinski definition) is 3. The summed E-state index contributed by atoms with van der Waals surface area (Å²) in [7, 11) is 0. The van der Waals surface area contributed by atoms with Gasteiger partial charge in [-0.1, -0.05) is 0 Å². The molecule has 2 rings (SSSR count). The first-order chi connectivity index (χ1) is 5.29. The molecule has 1 heterocycles. The lowest BCUT2D eigenvalue weighted by molar-refractivity contribution is -0.0410. The highest BCUT2D eigenvalue weighted by Crippen LogP contribution is 2.39. The minimum Gasteiger partial charge on any atom is -0.390 e. The molecule has 1 saturated heterocycles. The van der Waals surface area contributed by atoms with Crippen LogP contribution in [-0.4, -0.2) is 35.5 Å². The Morgan fingerprint density at radius 3 is 2.45 bits per heavy atom. The minimum absolute atomic E-state index is 0.304. The highest BCUT2D eigenvalue weighted by Gasteiger charge is 2.40. The average Bonchev–Trinajstić information content (AvgIpc) is 2.77. The van der Waals surface area contributed by atoms with Crippen molar-refractivity contribution in [2.75, 3.05) is 13.1 Å². The predicted octanol–water partition coefficient (Wildman–Crippen LogP) is -0.662. The maximum Gasteiger partial charge on any atom is 0.0926 e. The standard InChI is InChI=1S/C8H15NO2/c10-7-4-9-3-6(8(7)11)5-1-2-5/h5-11H,1-4H2. The molecule has 64 valence electrons. The molecule has 3 N–H and O–H groups in total. The molecule has 2 fully saturated rings.